The Morgan fingerprint density at radius 1 is 1.29 bits per heavy atom. The van der Waals surface area contributed by atoms with Crippen LogP contribution in [0, 0.1) is 0 Å². The smallest absolute Gasteiger partial charge is 0.320 e. The van der Waals surface area contributed by atoms with Gasteiger partial charge in [0.15, 0.2) is 0 Å². The SMILES string of the molecule is NCCCC1CCCN1C(=O)N1CCOCC1. The molecule has 2 saturated heterocycles. The van der Waals surface area contributed by atoms with E-state index in [1.165, 1.54) is 0 Å². The zero-order valence-corrected chi connectivity index (χ0v) is 10.4. The maximum Gasteiger partial charge on any atom is 0.320 e. The predicted molar refractivity (Wildman–Crippen MR) is 65.8 cm³/mol. The van der Waals surface area contributed by atoms with E-state index in [0.717, 1.165) is 51.9 Å². The van der Waals surface area contributed by atoms with Crippen molar-refractivity contribution >= 4 is 6.03 Å². The van der Waals surface area contributed by atoms with E-state index in [1.54, 1.807) is 0 Å². The quantitative estimate of drug-likeness (QED) is 0.789. The summed E-state index contributed by atoms with van der Waals surface area (Å²) in [5.74, 6) is 0. The monoisotopic (exact) mass is 241 g/mol. The molecule has 0 aromatic rings. The van der Waals surface area contributed by atoms with Gasteiger partial charge < -0.3 is 20.3 Å². The molecule has 1 atom stereocenters. The van der Waals surface area contributed by atoms with E-state index in [0.29, 0.717) is 19.3 Å². The zero-order chi connectivity index (χ0) is 12.1. The van der Waals surface area contributed by atoms with Crippen LogP contribution in [0.4, 0.5) is 4.79 Å². The second kappa shape index (κ2) is 6.21. The Bertz CT molecular complexity index is 254. The first-order chi connectivity index (χ1) is 8.33. The molecule has 2 fully saturated rings. The first kappa shape index (κ1) is 12.6. The van der Waals surface area contributed by atoms with Gasteiger partial charge in [0.1, 0.15) is 0 Å². The number of hydrogen-bond acceptors (Lipinski definition) is 3. The molecule has 0 aromatic carbocycles. The Labute approximate surface area is 103 Å². The summed E-state index contributed by atoms with van der Waals surface area (Å²) in [5.41, 5.74) is 5.54. The fourth-order valence-electron chi connectivity index (χ4n) is 2.68. The number of urea groups is 1. The molecule has 5 nitrogen and oxygen atoms in total. The van der Waals surface area contributed by atoms with Gasteiger partial charge in [-0.1, -0.05) is 0 Å². The highest BCUT2D eigenvalue weighted by Gasteiger charge is 2.31. The van der Waals surface area contributed by atoms with E-state index in [1.807, 2.05) is 9.80 Å². The second-order valence-electron chi connectivity index (χ2n) is 4.80. The van der Waals surface area contributed by atoms with Gasteiger partial charge in [-0.2, -0.15) is 0 Å². The van der Waals surface area contributed by atoms with Crippen LogP contribution >= 0.6 is 0 Å². The molecule has 2 aliphatic heterocycles. The second-order valence-corrected chi connectivity index (χ2v) is 4.80. The van der Waals surface area contributed by atoms with E-state index in [4.69, 9.17) is 10.5 Å². The maximum atomic E-state index is 12.3. The molecule has 2 N–H and O–H groups in total. The maximum absolute atomic E-state index is 12.3. The summed E-state index contributed by atoms with van der Waals surface area (Å²) >= 11 is 0. The highest BCUT2D eigenvalue weighted by Crippen LogP contribution is 2.22. The number of likely N-dealkylation sites (tertiary alicyclic amines) is 1. The Hall–Kier alpha value is -0.810. The van der Waals surface area contributed by atoms with Gasteiger partial charge >= 0.3 is 6.03 Å². The fraction of sp³-hybridized carbons (Fsp3) is 0.917. The molecule has 0 radical (unpaired) electrons. The number of nitrogens with two attached hydrogens (primary N) is 1. The molecular weight excluding hydrogens is 218 g/mol. The number of carbonyl (C=O) groups excluding carboxylic acids is 1. The van der Waals surface area contributed by atoms with Crippen LogP contribution in [0.15, 0.2) is 0 Å². The van der Waals surface area contributed by atoms with Crippen molar-refractivity contribution in [2.75, 3.05) is 39.4 Å². The molecular formula is C12H23N3O2. The largest absolute Gasteiger partial charge is 0.378 e. The highest BCUT2D eigenvalue weighted by atomic mass is 16.5. The van der Waals surface area contributed by atoms with Crippen molar-refractivity contribution < 1.29 is 9.53 Å². The summed E-state index contributed by atoms with van der Waals surface area (Å²) in [6.07, 6.45) is 4.32. The lowest BCUT2D eigenvalue weighted by molar-refractivity contribution is 0.0419. The Morgan fingerprint density at radius 3 is 2.76 bits per heavy atom. The average Bonchev–Trinajstić information content (AvgIpc) is 2.84. The highest BCUT2D eigenvalue weighted by molar-refractivity contribution is 5.75. The first-order valence-electron chi connectivity index (χ1n) is 6.66. The van der Waals surface area contributed by atoms with Crippen molar-refractivity contribution in [1.29, 1.82) is 0 Å². The van der Waals surface area contributed by atoms with Crippen LogP contribution in [-0.2, 0) is 4.74 Å². The number of morpholine rings is 1. The van der Waals surface area contributed by atoms with E-state index >= 15 is 0 Å². The van der Waals surface area contributed by atoms with Gasteiger partial charge in [-0.3, -0.25) is 0 Å². The van der Waals surface area contributed by atoms with Crippen molar-refractivity contribution in [3.8, 4) is 0 Å². The van der Waals surface area contributed by atoms with E-state index in [2.05, 4.69) is 0 Å². The Morgan fingerprint density at radius 2 is 2.06 bits per heavy atom. The third-order valence-corrected chi connectivity index (χ3v) is 3.65. The number of hydrogen-bond donors (Lipinski definition) is 1. The van der Waals surface area contributed by atoms with Gasteiger partial charge in [-0.05, 0) is 32.2 Å². The molecule has 17 heavy (non-hydrogen) atoms. The molecule has 2 aliphatic rings. The molecule has 0 spiro atoms. The van der Waals surface area contributed by atoms with Crippen LogP contribution in [0.25, 0.3) is 0 Å². The number of amides is 2. The molecule has 0 aromatic heterocycles. The molecule has 2 heterocycles. The van der Waals surface area contributed by atoms with Crippen LogP contribution in [0.3, 0.4) is 0 Å². The summed E-state index contributed by atoms with van der Waals surface area (Å²) in [6, 6.07) is 0.613. The molecule has 5 heteroatoms. The zero-order valence-electron chi connectivity index (χ0n) is 10.4. The standard InChI is InChI=1S/C12H23N3O2/c13-5-1-3-11-4-2-6-15(11)12(16)14-7-9-17-10-8-14/h11H,1-10,13H2. The Balaban J connectivity index is 1.88. The van der Waals surface area contributed by atoms with Gasteiger partial charge in [-0.25, -0.2) is 4.79 Å². The topological polar surface area (TPSA) is 58.8 Å². The number of carbonyl (C=O) groups is 1. The Kier molecular flexibility index (Phi) is 4.62. The molecule has 2 amide bonds. The number of nitrogens with zero attached hydrogens (tertiary/aromatic N) is 2. The van der Waals surface area contributed by atoms with Crippen LogP contribution in [0.2, 0.25) is 0 Å². The minimum Gasteiger partial charge on any atom is -0.378 e. The molecule has 0 bridgehead atoms. The van der Waals surface area contributed by atoms with Crippen LogP contribution < -0.4 is 5.73 Å². The summed E-state index contributed by atoms with van der Waals surface area (Å²) < 4.78 is 5.28. The normalized spacial score (nSPS) is 25.4. The van der Waals surface area contributed by atoms with Gasteiger partial charge in [0.05, 0.1) is 13.2 Å². The van der Waals surface area contributed by atoms with Crippen LogP contribution in [0.1, 0.15) is 25.7 Å². The summed E-state index contributed by atoms with van der Waals surface area (Å²) in [7, 11) is 0. The number of rotatable bonds is 3. The van der Waals surface area contributed by atoms with Gasteiger partial charge in [0, 0.05) is 25.7 Å². The van der Waals surface area contributed by atoms with Crippen LogP contribution in [-0.4, -0.2) is 61.3 Å². The third kappa shape index (κ3) is 3.10. The van der Waals surface area contributed by atoms with Gasteiger partial charge in [0.2, 0.25) is 0 Å². The molecule has 98 valence electrons. The van der Waals surface area contributed by atoms with Crippen molar-refractivity contribution in [3.05, 3.63) is 0 Å². The van der Waals surface area contributed by atoms with Gasteiger partial charge in [-0.15, -0.1) is 0 Å². The first-order valence-corrected chi connectivity index (χ1v) is 6.66. The fourth-order valence-corrected chi connectivity index (χ4v) is 2.68. The molecule has 2 rings (SSSR count). The molecule has 1 unspecified atom stereocenters. The van der Waals surface area contributed by atoms with Crippen molar-refractivity contribution in [2.24, 2.45) is 5.73 Å². The lowest BCUT2D eigenvalue weighted by Gasteiger charge is -2.33. The lowest BCUT2D eigenvalue weighted by atomic mass is 10.1. The lowest BCUT2D eigenvalue weighted by Crippen LogP contribution is -2.49. The summed E-state index contributed by atoms with van der Waals surface area (Å²) in [4.78, 5) is 16.3. The number of ether oxygens (including phenoxy) is 1. The summed E-state index contributed by atoms with van der Waals surface area (Å²) in [6.45, 7) is 4.44. The van der Waals surface area contributed by atoms with Crippen molar-refractivity contribution in [3.63, 3.8) is 0 Å². The van der Waals surface area contributed by atoms with E-state index < -0.39 is 0 Å². The third-order valence-electron chi connectivity index (χ3n) is 3.65. The predicted octanol–water partition coefficient (Wildman–Crippen LogP) is 0.642. The summed E-state index contributed by atoms with van der Waals surface area (Å²) in [5, 5.41) is 0. The van der Waals surface area contributed by atoms with E-state index in [9.17, 15) is 4.79 Å². The molecule has 0 saturated carbocycles. The van der Waals surface area contributed by atoms with Gasteiger partial charge in [0.25, 0.3) is 0 Å². The van der Waals surface area contributed by atoms with Crippen molar-refractivity contribution in [1.82, 2.24) is 9.80 Å². The van der Waals surface area contributed by atoms with Crippen molar-refractivity contribution in [2.45, 2.75) is 31.7 Å². The minimum absolute atomic E-state index is 0.202. The van der Waals surface area contributed by atoms with Crippen LogP contribution in [0.5, 0.6) is 0 Å². The average molecular weight is 241 g/mol. The molecule has 0 aliphatic carbocycles. The minimum atomic E-state index is 0.202. The van der Waals surface area contributed by atoms with E-state index in [-0.39, 0.29) is 6.03 Å².